The van der Waals surface area contributed by atoms with Crippen LogP contribution in [0.4, 0.5) is 0 Å². The van der Waals surface area contributed by atoms with Crippen LogP contribution in [0.3, 0.4) is 0 Å². The summed E-state index contributed by atoms with van der Waals surface area (Å²) < 4.78 is 0. The molecule has 4 heteroatoms. The maximum Gasteiger partial charge on any atom is 0.248 e. The van der Waals surface area contributed by atoms with Crippen LogP contribution in [0.15, 0.2) is 120 Å². The Morgan fingerprint density at radius 2 is 1.33 bits per heavy atom. The van der Waals surface area contributed by atoms with Gasteiger partial charge in [-0.3, -0.25) is 4.79 Å². The predicted octanol–water partition coefficient (Wildman–Crippen LogP) is 6.34. The molecule has 5 aromatic carbocycles. The zero-order valence-corrected chi connectivity index (χ0v) is 23.8. The molecule has 204 valence electrons. The van der Waals surface area contributed by atoms with Crippen LogP contribution >= 0.6 is 0 Å². The van der Waals surface area contributed by atoms with Gasteiger partial charge < -0.3 is 5.73 Å². The topological polar surface area (TPSA) is 59.9 Å². The number of nitrogens with one attached hydrogen (secondary N) is 1. The minimum absolute atomic E-state index is 0.419. The highest BCUT2D eigenvalue weighted by Gasteiger charge is 2.36. The first-order valence-corrected chi connectivity index (χ1v) is 14.4. The van der Waals surface area contributed by atoms with E-state index in [-0.39, 0.29) is 0 Å². The average molecular weight is 547 g/mol. The first-order valence-electron chi connectivity index (χ1n) is 14.4. The van der Waals surface area contributed by atoms with E-state index in [4.69, 9.17) is 10.7 Å². The van der Waals surface area contributed by atoms with E-state index in [1.54, 1.807) is 0 Å². The van der Waals surface area contributed by atoms with Crippen molar-refractivity contribution in [2.45, 2.75) is 26.8 Å². The van der Waals surface area contributed by atoms with Gasteiger partial charge in [0.25, 0.3) is 0 Å². The van der Waals surface area contributed by atoms with Gasteiger partial charge >= 0.3 is 0 Å². The lowest BCUT2D eigenvalue weighted by atomic mass is 10.0. The van der Waals surface area contributed by atoms with E-state index in [2.05, 4.69) is 105 Å². The first kappa shape index (κ1) is 25.9. The van der Waals surface area contributed by atoms with Crippen LogP contribution < -0.4 is 10.6 Å². The second-order valence-electron chi connectivity index (χ2n) is 11.3. The van der Waals surface area contributed by atoms with E-state index in [9.17, 15) is 4.79 Å². The van der Waals surface area contributed by atoms with Crippen molar-refractivity contribution in [2.24, 2.45) is 10.7 Å². The number of amides is 1. The smallest absolute Gasteiger partial charge is 0.248 e. The summed E-state index contributed by atoms with van der Waals surface area (Å²) in [6.45, 7) is 4.89. The Hall–Kier alpha value is -5.06. The minimum atomic E-state index is -0.419. The molecular formula is C38H32N3O+. The van der Waals surface area contributed by atoms with Gasteiger partial charge in [0.05, 0.1) is 5.56 Å². The van der Waals surface area contributed by atoms with Crippen molar-refractivity contribution in [3.8, 4) is 11.1 Å². The summed E-state index contributed by atoms with van der Waals surface area (Å²) in [5.41, 5.74) is 20.4. The predicted molar refractivity (Wildman–Crippen MR) is 170 cm³/mol. The third kappa shape index (κ3) is 4.66. The summed E-state index contributed by atoms with van der Waals surface area (Å²) >= 11 is 0. The number of primary amides is 1. The number of fused-ring (bicyclic) bond motifs is 3. The number of hydrogen-bond acceptors (Lipinski definition) is 2. The molecule has 4 nitrogen and oxygen atoms in total. The molecule has 0 saturated carbocycles. The van der Waals surface area contributed by atoms with E-state index < -0.39 is 5.91 Å². The number of rotatable bonds is 6. The fourth-order valence-corrected chi connectivity index (χ4v) is 6.12. The van der Waals surface area contributed by atoms with E-state index >= 15 is 0 Å². The summed E-state index contributed by atoms with van der Waals surface area (Å²) in [6.07, 6.45) is 0.961. The molecule has 0 spiro atoms. The molecule has 1 atom stereocenters. The Morgan fingerprint density at radius 3 is 2.02 bits per heavy atom. The van der Waals surface area contributed by atoms with Crippen molar-refractivity contribution in [3.05, 3.63) is 165 Å². The van der Waals surface area contributed by atoms with Gasteiger partial charge in [-0.25, -0.2) is 4.90 Å². The van der Waals surface area contributed by atoms with Crippen LogP contribution in [0.1, 0.15) is 54.9 Å². The van der Waals surface area contributed by atoms with Gasteiger partial charge in [-0.2, -0.15) is 4.99 Å². The number of nitrogens with two attached hydrogens (primary N) is 1. The van der Waals surface area contributed by atoms with E-state index in [0.29, 0.717) is 12.1 Å². The SMILES string of the molecule is Cc1ccc(C2=C(c3ccc(C)cc3)[NH+](Cc3ccc(C(N)=O)cc3)C(c3ccc4c(c3)-c3ccccc3C4)=N2)cc1. The van der Waals surface area contributed by atoms with Crippen molar-refractivity contribution in [1.29, 1.82) is 0 Å². The molecular weight excluding hydrogens is 514 g/mol. The number of quaternary nitrogens is 1. The third-order valence-corrected chi connectivity index (χ3v) is 8.40. The molecule has 7 rings (SSSR count). The average Bonchev–Trinajstić information content (AvgIpc) is 3.56. The Morgan fingerprint density at radius 1 is 0.714 bits per heavy atom. The highest BCUT2D eigenvalue weighted by atomic mass is 16.1. The summed E-state index contributed by atoms with van der Waals surface area (Å²) in [7, 11) is 0. The molecule has 1 amide bonds. The van der Waals surface area contributed by atoms with Crippen LogP contribution in [0.25, 0.3) is 22.5 Å². The van der Waals surface area contributed by atoms with Crippen LogP contribution in [0, 0.1) is 13.8 Å². The number of carbonyl (C=O) groups is 1. The van der Waals surface area contributed by atoms with Crippen molar-refractivity contribution in [1.82, 2.24) is 0 Å². The lowest BCUT2D eigenvalue weighted by Gasteiger charge is -2.20. The largest absolute Gasteiger partial charge is 0.366 e. The molecule has 1 aliphatic heterocycles. The highest BCUT2D eigenvalue weighted by molar-refractivity contribution is 6.07. The Kier molecular flexibility index (Phi) is 6.41. The molecule has 3 N–H and O–H groups in total. The molecule has 0 fully saturated rings. The molecule has 1 unspecified atom stereocenters. The first-order chi connectivity index (χ1) is 20.4. The molecule has 0 bridgehead atoms. The van der Waals surface area contributed by atoms with Gasteiger partial charge in [-0.1, -0.05) is 90.0 Å². The van der Waals surface area contributed by atoms with Gasteiger partial charge in [0.15, 0.2) is 5.70 Å². The van der Waals surface area contributed by atoms with Crippen LogP contribution in [-0.2, 0) is 13.0 Å². The molecule has 42 heavy (non-hydrogen) atoms. The summed E-state index contributed by atoms with van der Waals surface area (Å²) in [4.78, 5) is 18.4. The highest BCUT2D eigenvalue weighted by Crippen LogP contribution is 2.37. The van der Waals surface area contributed by atoms with E-state index in [0.717, 1.165) is 45.9 Å². The second-order valence-corrected chi connectivity index (χ2v) is 11.3. The van der Waals surface area contributed by atoms with Gasteiger partial charge in [-0.05, 0) is 78.9 Å². The van der Waals surface area contributed by atoms with Gasteiger partial charge in [0, 0.05) is 22.3 Å². The second kappa shape index (κ2) is 10.4. The Balaban J connectivity index is 1.40. The number of carbonyl (C=O) groups excluding carboxylic acids is 1. The third-order valence-electron chi connectivity index (χ3n) is 8.40. The van der Waals surface area contributed by atoms with Crippen molar-refractivity contribution in [3.63, 3.8) is 0 Å². The quantitative estimate of drug-likeness (QED) is 0.252. The molecule has 0 saturated heterocycles. The number of hydrogen-bond donors (Lipinski definition) is 2. The number of benzene rings is 5. The number of aryl methyl sites for hydroxylation is 2. The zero-order valence-electron chi connectivity index (χ0n) is 23.8. The molecule has 2 aliphatic rings. The van der Waals surface area contributed by atoms with Crippen molar-refractivity contribution >= 4 is 23.1 Å². The van der Waals surface area contributed by atoms with Gasteiger partial charge in [0.1, 0.15) is 12.2 Å². The monoisotopic (exact) mass is 546 g/mol. The Bertz CT molecular complexity index is 1900. The van der Waals surface area contributed by atoms with Crippen LogP contribution in [0.2, 0.25) is 0 Å². The summed E-state index contributed by atoms with van der Waals surface area (Å²) in [5.74, 6) is 0.574. The lowest BCUT2D eigenvalue weighted by Crippen LogP contribution is -3.10. The maximum absolute atomic E-state index is 11.8. The molecule has 5 aromatic rings. The molecule has 1 heterocycles. The zero-order chi connectivity index (χ0) is 28.8. The maximum atomic E-state index is 11.8. The Labute approximate surface area is 246 Å². The number of nitrogens with zero attached hydrogens (tertiary/aromatic N) is 1. The fourth-order valence-electron chi connectivity index (χ4n) is 6.12. The number of amidine groups is 1. The van der Waals surface area contributed by atoms with Crippen molar-refractivity contribution < 1.29 is 9.69 Å². The van der Waals surface area contributed by atoms with Gasteiger partial charge in [0.2, 0.25) is 11.7 Å². The van der Waals surface area contributed by atoms with Crippen LogP contribution in [-0.4, -0.2) is 11.7 Å². The lowest BCUT2D eigenvalue weighted by molar-refractivity contribution is -0.736. The number of aliphatic imine (C=N–C) groups is 1. The van der Waals surface area contributed by atoms with Crippen LogP contribution in [0.5, 0.6) is 0 Å². The summed E-state index contributed by atoms with van der Waals surface area (Å²) in [5, 5.41) is 0. The summed E-state index contributed by atoms with van der Waals surface area (Å²) in [6, 6.07) is 40.5. The molecule has 1 aliphatic carbocycles. The standard InChI is InChI=1S/C38H31N3O/c1-24-7-13-27(14-8-24)35-36(28-15-9-25(2)10-16-28)41(23-26-11-17-29(18-12-26)37(39)42)38(40-35)32-20-19-31-21-30-5-3-4-6-33(30)34(31)22-32/h3-20,22H,21,23H2,1-2H3,(H2,39,42)/p+1. The molecule has 0 radical (unpaired) electrons. The normalized spacial score (nSPS) is 15.4. The van der Waals surface area contributed by atoms with E-state index in [1.165, 1.54) is 38.3 Å². The van der Waals surface area contributed by atoms with Crippen molar-refractivity contribution in [2.75, 3.05) is 0 Å². The van der Waals surface area contributed by atoms with E-state index in [1.807, 2.05) is 24.3 Å². The van der Waals surface area contributed by atoms with Gasteiger partial charge in [-0.15, -0.1) is 0 Å². The minimum Gasteiger partial charge on any atom is -0.366 e. The fraction of sp³-hybridized carbons (Fsp3) is 0.105. The molecule has 0 aromatic heterocycles.